The van der Waals surface area contributed by atoms with Gasteiger partial charge in [-0.1, -0.05) is 41.4 Å². The summed E-state index contributed by atoms with van der Waals surface area (Å²) in [5.74, 6) is 0.346. The molecule has 1 fully saturated rings. The van der Waals surface area contributed by atoms with Crippen molar-refractivity contribution in [1.29, 1.82) is 0 Å². The number of nitrogens with zero attached hydrogens (tertiary/aromatic N) is 2. The number of carbonyl (C=O) groups excluding carboxylic acids is 2. The second-order valence-corrected chi connectivity index (χ2v) is 7.61. The maximum atomic E-state index is 13.6. The van der Waals surface area contributed by atoms with Crippen LogP contribution in [0.4, 0.5) is 11.4 Å². The largest absolute Gasteiger partial charge is 0.497 e. The van der Waals surface area contributed by atoms with Gasteiger partial charge in [-0.2, -0.15) is 0 Å². The lowest BCUT2D eigenvalue weighted by Gasteiger charge is -2.40. The van der Waals surface area contributed by atoms with Crippen molar-refractivity contribution in [3.63, 3.8) is 0 Å². The Hall–Kier alpha value is -3.31. The van der Waals surface area contributed by atoms with Gasteiger partial charge in [0.2, 0.25) is 5.91 Å². The van der Waals surface area contributed by atoms with Crippen molar-refractivity contribution in [3.05, 3.63) is 88.9 Å². The van der Waals surface area contributed by atoms with E-state index in [1.54, 1.807) is 53.3 Å². The van der Waals surface area contributed by atoms with E-state index in [1.165, 1.54) is 0 Å². The van der Waals surface area contributed by atoms with Crippen LogP contribution in [0.3, 0.4) is 0 Å². The van der Waals surface area contributed by atoms with Gasteiger partial charge in [0.25, 0.3) is 5.91 Å². The molecule has 4 rings (SSSR count). The van der Waals surface area contributed by atoms with Crippen LogP contribution in [0.25, 0.3) is 0 Å². The van der Waals surface area contributed by atoms with E-state index in [0.717, 1.165) is 5.56 Å². The Morgan fingerprint density at radius 1 is 0.867 bits per heavy atom. The van der Waals surface area contributed by atoms with E-state index in [-0.39, 0.29) is 18.4 Å². The summed E-state index contributed by atoms with van der Waals surface area (Å²) in [6, 6.07) is 21.0. The monoisotopic (exact) mass is 420 g/mol. The van der Waals surface area contributed by atoms with Crippen molar-refractivity contribution >= 4 is 34.8 Å². The molecule has 0 spiro atoms. The zero-order valence-electron chi connectivity index (χ0n) is 16.7. The molecule has 3 aromatic carbocycles. The van der Waals surface area contributed by atoms with Crippen molar-refractivity contribution < 1.29 is 14.3 Å². The van der Waals surface area contributed by atoms with Crippen LogP contribution in [0.2, 0.25) is 5.02 Å². The van der Waals surface area contributed by atoms with Gasteiger partial charge in [0.05, 0.1) is 7.11 Å². The highest BCUT2D eigenvalue weighted by atomic mass is 35.5. The molecule has 0 aromatic heterocycles. The molecule has 0 N–H and O–H groups in total. The molecule has 6 heteroatoms. The van der Waals surface area contributed by atoms with Gasteiger partial charge in [-0.25, -0.2) is 0 Å². The van der Waals surface area contributed by atoms with Crippen molar-refractivity contribution in [2.24, 2.45) is 0 Å². The number of halogens is 1. The molecule has 0 saturated carbocycles. The molecule has 5 nitrogen and oxygen atoms in total. The van der Waals surface area contributed by atoms with Gasteiger partial charge in [0.15, 0.2) is 0 Å². The number of hydrogen-bond acceptors (Lipinski definition) is 3. The van der Waals surface area contributed by atoms with E-state index in [9.17, 15) is 9.59 Å². The van der Waals surface area contributed by atoms with Crippen LogP contribution in [0.5, 0.6) is 5.75 Å². The summed E-state index contributed by atoms with van der Waals surface area (Å²) >= 11 is 6.03. The van der Waals surface area contributed by atoms with Gasteiger partial charge in [0, 0.05) is 16.4 Å². The van der Waals surface area contributed by atoms with E-state index < -0.39 is 6.04 Å². The summed E-state index contributed by atoms with van der Waals surface area (Å²) in [6.45, 7) is 1.95. The molecule has 1 aliphatic heterocycles. The third-order valence-corrected chi connectivity index (χ3v) is 5.45. The highest BCUT2D eigenvalue weighted by molar-refractivity contribution is 6.30. The van der Waals surface area contributed by atoms with Crippen molar-refractivity contribution in [1.82, 2.24) is 0 Å². The number of benzene rings is 3. The first-order valence-electron chi connectivity index (χ1n) is 9.57. The number of carbonyl (C=O) groups is 2. The number of anilines is 2. The van der Waals surface area contributed by atoms with Gasteiger partial charge in [-0.3, -0.25) is 14.5 Å². The summed E-state index contributed by atoms with van der Waals surface area (Å²) in [7, 11) is 1.59. The SMILES string of the molecule is COc1ccc([C@@H]2C(=O)N(c3ccc(C)cc3)CC(=O)N2c2ccc(Cl)cc2)cc1. The molecule has 0 aliphatic carbocycles. The van der Waals surface area contributed by atoms with Gasteiger partial charge in [-0.05, 0) is 61.0 Å². The van der Waals surface area contributed by atoms with Gasteiger partial charge < -0.3 is 9.64 Å². The first-order valence-corrected chi connectivity index (χ1v) is 9.95. The lowest BCUT2D eigenvalue weighted by molar-refractivity contribution is -0.128. The van der Waals surface area contributed by atoms with Crippen molar-refractivity contribution in [2.75, 3.05) is 23.5 Å². The highest BCUT2D eigenvalue weighted by Gasteiger charge is 2.41. The normalized spacial score (nSPS) is 16.7. The molecule has 152 valence electrons. The molecule has 0 unspecified atom stereocenters. The first kappa shape index (κ1) is 20.0. The van der Waals surface area contributed by atoms with Gasteiger partial charge >= 0.3 is 0 Å². The third kappa shape index (κ3) is 3.76. The standard InChI is InChI=1S/C24H21ClN2O3/c1-16-3-9-19(10-4-16)26-15-22(28)27(20-11-7-18(25)8-12-20)23(24(26)29)17-5-13-21(30-2)14-6-17/h3-14,23H,15H2,1-2H3/t23-/m1/s1. The Morgan fingerprint density at radius 2 is 1.47 bits per heavy atom. The maximum Gasteiger partial charge on any atom is 0.255 e. The number of methoxy groups -OCH3 is 1. The average Bonchev–Trinajstić information content (AvgIpc) is 2.76. The number of hydrogen-bond donors (Lipinski definition) is 0. The molecular formula is C24H21ClN2O3. The molecule has 1 heterocycles. The van der Waals surface area contributed by atoms with Crippen LogP contribution >= 0.6 is 11.6 Å². The molecule has 30 heavy (non-hydrogen) atoms. The molecule has 2 amide bonds. The molecule has 1 atom stereocenters. The number of rotatable bonds is 4. The molecular weight excluding hydrogens is 400 g/mol. The van der Waals surface area contributed by atoms with Gasteiger partial charge in [-0.15, -0.1) is 0 Å². The smallest absolute Gasteiger partial charge is 0.255 e. The maximum absolute atomic E-state index is 13.6. The van der Waals surface area contributed by atoms with E-state index in [1.807, 2.05) is 43.3 Å². The zero-order valence-corrected chi connectivity index (χ0v) is 17.5. The fourth-order valence-electron chi connectivity index (χ4n) is 3.61. The van der Waals surface area contributed by atoms with E-state index in [4.69, 9.17) is 16.3 Å². The minimum Gasteiger partial charge on any atom is -0.497 e. The molecule has 0 bridgehead atoms. The number of aryl methyl sites for hydroxylation is 1. The van der Waals surface area contributed by atoms with Crippen LogP contribution in [0.1, 0.15) is 17.2 Å². The number of amides is 2. The predicted octanol–water partition coefficient (Wildman–Crippen LogP) is 4.78. The highest BCUT2D eigenvalue weighted by Crippen LogP contribution is 2.35. The summed E-state index contributed by atoms with van der Waals surface area (Å²) in [6.07, 6.45) is 0. The Morgan fingerprint density at radius 3 is 2.07 bits per heavy atom. The Bertz CT molecular complexity index is 1060. The van der Waals surface area contributed by atoms with E-state index in [0.29, 0.717) is 27.7 Å². The molecule has 3 aromatic rings. The predicted molar refractivity (Wildman–Crippen MR) is 118 cm³/mol. The van der Waals surface area contributed by atoms with Crippen LogP contribution in [-0.4, -0.2) is 25.5 Å². The lowest BCUT2D eigenvalue weighted by Crippen LogP contribution is -2.56. The van der Waals surface area contributed by atoms with Crippen LogP contribution < -0.4 is 14.5 Å². The van der Waals surface area contributed by atoms with E-state index in [2.05, 4.69) is 0 Å². The van der Waals surface area contributed by atoms with Crippen molar-refractivity contribution in [2.45, 2.75) is 13.0 Å². The van der Waals surface area contributed by atoms with Crippen molar-refractivity contribution in [3.8, 4) is 5.75 Å². The minimum absolute atomic E-state index is 0.0306. The number of piperazine rings is 1. The Labute approximate surface area is 180 Å². The summed E-state index contributed by atoms with van der Waals surface area (Å²) < 4.78 is 5.24. The summed E-state index contributed by atoms with van der Waals surface area (Å²) in [5, 5.41) is 0.566. The molecule has 1 saturated heterocycles. The zero-order chi connectivity index (χ0) is 21.3. The minimum atomic E-state index is -0.792. The molecule has 0 radical (unpaired) electrons. The first-order chi connectivity index (χ1) is 14.5. The average molecular weight is 421 g/mol. The quantitative estimate of drug-likeness (QED) is 0.610. The van der Waals surface area contributed by atoms with E-state index >= 15 is 0 Å². The van der Waals surface area contributed by atoms with Crippen LogP contribution in [0, 0.1) is 6.92 Å². The molecule has 1 aliphatic rings. The lowest BCUT2D eigenvalue weighted by atomic mass is 9.99. The Kier molecular flexibility index (Phi) is 5.46. The fraction of sp³-hybridized carbons (Fsp3) is 0.167. The number of ether oxygens (including phenoxy) is 1. The summed E-state index contributed by atoms with van der Waals surface area (Å²) in [4.78, 5) is 30.0. The second kappa shape index (κ2) is 8.20. The summed E-state index contributed by atoms with van der Waals surface area (Å²) in [5.41, 5.74) is 3.13. The van der Waals surface area contributed by atoms with Gasteiger partial charge in [0.1, 0.15) is 18.3 Å². The topological polar surface area (TPSA) is 49.9 Å². The Balaban J connectivity index is 1.79. The second-order valence-electron chi connectivity index (χ2n) is 7.18. The van der Waals surface area contributed by atoms with Crippen LogP contribution in [-0.2, 0) is 9.59 Å². The fourth-order valence-corrected chi connectivity index (χ4v) is 3.73. The van der Waals surface area contributed by atoms with Crippen LogP contribution in [0.15, 0.2) is 72.8 Å². The third-order valence-electron chi connectivity index (χ3n) is 5.20.